The van der Waals surface area contributed by atoms with Gasteiger partial charge in [-0.05, 0) is 85.4 Å². The van der Waals surface area contributed by atoms with Gasteiger partial charge in [0.2, 0.25) is 5.91 Å². The second-order valence-corrected chi connectivity index (χ2v) is 9.55. The van der Waals surface area contributed by atoms with Crippen LogP contribution < -0.4 is 4.74 Å². The van der Waals surface area contributed by atoms with E-state index in [2.05, 4.69) is 16.0 Å². The van der Waals surface area contributed by atoms with Crippen LogP contribution in [-0.4, -0.2) is 36.0 Å². The number of methoxy groups -OCH3 is 1. The normalized spacial score (nSPS) is 23.9. The van der Waals surface area contributed by atoms with Crippen molar-refractivity contribution in [2.75, 3.05) is 20.2 Å². The van der Waals surface area contributed by atoms with Gasteiger partial charge in [0, 0.05) is 29.7 Å². The van der Waals surface area contributed by atoms with Crippen molar-refractivity contribution in [3.63, 3.8) is 0 Å². The number of carbonyl (C=O) groups is 1. The number of benzene rings is 2. The zero-order valence-corrected chi connectivity index (χ0v) is 17.8. The third kappa shape index (κ3) is 2.97. The van der Waals surface area contributed by atoms with E-state index in [-0.39, 0.29) is 17.1 Å². The molecule has 0 spiro atoms. The first-order valence-electron chi connectivity index (χ1n) is 11.3. The largest absolute Gasteiger partial charge is 0.497 e. The molecule has 2 fully saturated rings. The fraction of sp³-hybridized carbons (Fsp3) is 0.423. The summed E-state index contributed by atoms with van der Waals surface area (Å²) in [5.74, 6) is 1.95. The first-order valence-corrected chi connectivity index (χ1v) is 11.3. The molecule has 2 heterocycles. The summed E-state index contributed by atoms with van der Waals surface area (Å²) in [6.45, 7) is 1.65. The number of rotatable bonds is 3. The first kappa shape index (κ1) is 18.9. The number of ether oxygens (including phenoxy) is 1. The van der Waals surface area contributed by atoms with Crippen LogP contribution in [0.4, 0.5) is 4.39 Å². The summed E-state index contributed by atoms with van der Waals surface area (Å²) in [4.78, 5) is 19.2. The molecule has 3 aromatic rings. The summed E-state index contributed by atoms with van der Waals surface area (Å²) in [5.41, 5.74) is 4.20. The van der Waals surface area contributed by atoms with E-state index in [1.54, 1.807) is 19.2 Å². The zero-order valence-electron chi connectivity index (χ0n) is 17.8. The number of nitrogens with one attached hydrogen (secondary N) is 1. The molecule has 6 rings (SSSR count). The second-order valence-electron chi connectivity index (χ2n) is 9.55. The van der Waals surface area contributed by atoms with Crippen molar-refractivity contribution in [3.8, 4) is 5.75 Å². The Labute approximate surface area is 181 Å². The second kappa shape index (κ2) is 6.84. The van der Waals surface area contributed by atoms with Gasteiger partial charge in [-0.1, -0.05) is 12.1 Å². The number of hydrogen-bond acceptors (Lipinski definition) is 2. The lowest BCUT2D eigenvalue weighted by Gasteiger charge is -2.42. The number of nitrogens with zero attached hydrogens (tertiary/aromatic N) is 1. The molecule has 4 nitrogen and oxygen atoms in total. The lowest BCUT2D eigenvalue weighted by molar-refractivity contribution is -0.136. The summed E-state index contributed by atoms with van der Waals surface area (Å²) in [6.07, 6.45) is 4.83. The number of halogens is 1. The number of amides is 1. The van der Waals surface area contributed by atoms with Crippen LogP contribution in [0, 0.1) is 17.7 Å². The smallest absolute Gasteiger partial charge is 0.233 e. The SMILES string of the molecule is COc1cccc(C2(C(=O)N3CCC4Cc5[nH]c6cc(F)ccc6c5CC4C3)CC2)c1. The summed E-state index contributed by atoms with van der Waals surface area (Å²) >= 11 is 0. The van der Waals surface area contributed by atoms with Crippen molar-refractivity contribution in [1.29, 1.82) is 0 Å². The third-order valence-corrected chi connectivity index (χ3v) is 7.85. The molecule has 0 bridgehead atoms. The van der Waals surface area contributed by atoms with Gasteiger partial charge in [0.25, 0.3) is 0 Å². The summed E-state index contributed by atoms with van der Waals surface area (Å²) in [6, 6.07) is 13.0. The minimum atomic E-state index is -0.362. The maximum Gasteiger partial charge on any atom is 0.233 e. The Morgan fingerprint density at radius 1 is 1.16 bits per heavy atom. The number of likely N-dealkylation sites (tertiary alicyclic amines) is 1. The molecular formula is C26H27FN2O2. The number of fused-ring (bicyclic) bond motifs is 4. The Balaban J connectivity index is 1.25. The van der Waals surface area contributed by atoms with Crippen molar-refractivity contribution in [3.05, 3.63) is 65.1 Å². The molecule has 2 atom stereocenters. The topological polar surface area (TPSA) is 45.3 Å². The van der Waals surface area contributed by atoms with Crippen LogP contribution in [0.25, 0.3) is 10.9 Å². The summed E-state index contributed by atoms with van der Waals surface area (Å²) < 4.78 is 19.1. The zero-order chi connectivity index (χ0) is 21.2. The van der Waals surface area contributed by atoms with Gasteiger partial charge in [0.05, 0.1) is 12.5 Å². The molecule has 1 amide bonds. The van der Waals surface area contributed by atoms with Crippen LogP contribution in [-0.2, 0) is 23.1 Å². The van der Waals surface area contributed by atoms with Crippen molar-refractivity contribution < 1.29 is 13.9 Å². The molecule has 5 heteroatoms. The van der Waals surface area contributed by atoms with Crippen LogP contribution in [0.2, 0.25) is 0 Å². The van der Waals surface area contributed by atoms with E-state index in [4.69, 9.17) is 4.74 Å². The Morgan fingerprint density at radius 2 is 2.03 bits per heavy atom. The van der Waals surface area contributed by atoms with Crippen molar-refractivity contribution in [2.24, 2.45) is 11.8 Å². The highest BCUT2D eigenvalue weighted by molar-refractivity contribution is 5.91. The number of aromatic nitrogens is 1. The fourth-order valence-corrected chi connectivity index (χ4v) is 5.95. The molecule has 1 aromatic heterocycles. The Bertz CT molecular complexity index is 1180. The highest BCUT2D eigenvalue weighted by atomic mass is 19.1. The van der Waals surface area contributed by atoms with Crippen molar-refractivity contribution in [2.45, 2.75) is 37.5 Å². The molecule has 1 saturated heterocycles. The molecule has 31 heavy (non-hydrogen) atoms. The Kier molecular flexibility index (Phi) is 4.17. The molecule has 2 unspecified atom stereocenters. The highest BCUT2D eigenvalue weighted by Crippen LogP contribution is 2.51. The van der Waals surface area contributed by atoms with E-state index in [0.29, 0.717) is 11.8 Å². The maximum absolute atomic E-state index is 13.7. The molecule has 0 radical (unpaired) electrons. The van der Waals surface area contributed by atoms with Gasteiger partial charge in [-0.3, -0.25) is 4.79 Å². The van der Waals surface area contributed by atoms with E-state index >= 15 is 0 Å². The molecule has 1 aliphatic heterocycles. The molecule has 160 valence electrons. The molecule has 2 aliphatic carbocycles. The quantitative estimate of drug-likeness (QED) is 0.675. The lowest BCUT2D eigenvalue weighted by Crippen LogP contribution is -2.49. The average molecular weight is 419 g/mol. The lowest BCUT2D eigenvalue weighted by atomic mass is 9.73. The summed E-state index contributed by atoms with van der Waals surface area (Å²) in [5, 5.41) is 1.13. The molecule has 1 saturated carbocycles. The van der Waals surface area contributed by atoms with Gasteiger partial charge in [0.1, 0.15) is 11.6 Å². The Hall–Kier alpha value is -2.82. The standard InChI is InChI=1S/C26H27FN2O2/c1-31-20-4-2-3-18(13-20)26(8-9-26)25(30)29-10-7-16-12-23-22(11-17(16)15-29)21-6-5-19(27)14-24(21)28-23/h2-6,13-14,16-17,28H,7-12,15H2,1H3. The van der Waals surface area contributed by atoms with Crippen molar-refractivity contribution >= 4 is 16.8 Å². The van der Waals surface area contributed by atoms with Gasteiger partial charge in [-0.25, -0.2) is 4.39 Å². The third-order valence-electron chi connectivity index (χ3n) is 7.85. The van der Waals surface area contributed by atoms with Gasteiger partial charge in [-0.2, -0.15) is 0 Å². The van der Waals surface area contributed by atoms with Gasteiger partial charge in [-0.15, -0.1) is 0 Å². The molecule has 3 aliphatic rings. The van der Waals surface area contributed by atoms with Gasteiger partial charge >= 0.3 is 0 Å². The minimum Gasteiger partial charge on any atom is -0.497 e. The van der Waals surface area contributed by atoms with Crippen LogP contribution in [0.15, 0.2) is 42.5 Å². The predicted octanol–water partition coefficient (Wildman–Crippen LogP) is 4.61. The molecular weight excluding hydrogens is 391 g/mol. The average Bonchev–Trinajstić information content (AvgIpc) is 3.53. The number of aromatic amines is 1. The summed E-state index contributed by atoms with van der Waals surface area (Å²) in [7, 11) is 1.67. The van der Waals surface area contributed by atoms with Crippen LogP contribution >= 0.6 is 0 Å². The number of hydrogen-bond donors (Lipinski definition) is 1. The number of piperidine rings is 1. The number of carbonyl (C=O) groups excluding carboxylic acids is 1. The van der Waals surface area contributed by atoms with Crippen LogP contribution in [0.1, 0.15) is 36.1 Å². The highest BCUT2D eigenvalue weighted by Gasteiger charge is 2.54. The minimum absolute atomic E-state index is 0.201. The number of H-pyrrole nitrogens is 1. The monoisotopic (exact) mass is 418 g/mol. The van der Waals surface area contributed by atoms with Gasteiger partial charge in [0.15, 0.2) is 0 Å². The van der Waals surface area contributed by atoms with Crippen LogP contribution in [0.3, 0.4) is 0 Å². The van der Waals surface area contributed by atoms with Gasteiger partial charge < -0.3 is 14.6 Å². The fourth-order valence-electron chi connectivity index (χ4n) is 5.95. The van der Waals surface area contributed by atoms with Crippen molar-refractivity contribution in [1.82, 2.24) is 9.88 Å². The van der Waals surface area contributed by atoms with E-state index in [0.717, 1.165) is 67.4 Å². The predicted molar refractivity (Wildman–Crippen MR) is 118 cm³/mol. The Morgan fingerprint density at radius 3 is 2.84 bits per heavy atom. The van der Waals surface area contributed by atoms with E-state index < -0.39 is 0 Å². The van der Waals surface area contributed by atoms with E-state index in [9.17, 15) is 9.18 Å². The molecule has 2 aromatic carbocycles. The maximum atomic E-state index is 13.7. The first-order chi connectivity index (χ1) is 15.1. The van der Waals surface area contributed by atoms with E-state index in [1.165, 1.54) is 11.3 Å². The van der Waals surface area contributed by atoms with E-state index in [1.807, 2.05) is 24.3 Å². The van der Waals surface area contributed by atoms with Crippen LogP contribution in [0.5, 0.6) is 5.75 Å². The molecule has 1 N–H and O–H groups in total.